The first-order valence-corrected chi connectivity index (χ1v) is 11.5. The number of hydrogen-bond acceptors (Lipinski definition) is 3. The van der Waals surface area contributed by atoms with Crippen LogP contribution in [0.4, 0.5) is 23.2 Å². The number of nitrogens with one attached hydrogen (secondary N) is 1. The van der Waals surface area contributed by atoms with Crippen LogP contribution in [0.5, 0.6) is 0 Å². The lowest BCUT2D eigenvalue weighted by Crippen LogP contribution is -2.40. The Labute approximate surface area is 199 Å². The van der Waals surface area contributed by atoms with Crippen molar-refractivity contribution in [1.29, 1.82) is 0 Å². The van der Waals surface area contributed by atoms with Gasteiger partial charge in [0.15, 0.2) is 0 Å². The van der Waals surface area contributed by atoms with E-state index in [1.165, 1.54) is 0 Å². The van der Waals surface area contributed by atoms with Gasteiger partial charge in [0.05, 0.1) is 36.0 Å². The average Bonchev–Trinajstić information content (AvgIpc) is 2.84. The summed E-state index contributed by atoms with van der Waals surface area (Å²) in [5.74, 6) is -5.53. The fourth-order valence-corrected chi connectivity index (χ4v) is 4.95. The first-order chi connectivity index (χ1) is 16.6. The Balaban J connectivity index is 1.53. The monoisotopic (exact) mass is 491 g/mol. The summed E-state index contributed by atoms with van der Waals surface area (Å²) in [5, 5.41) is 12.3. The van der Waals surface area contributed by atoms with E-state index in [0.717, 1.165) is 35.6 Å². The summed E-state index contributed by atoms with van der Waals surface area (Å²) in [6.45, 7) is 0.684. The minimum atomic E-state index is -4.72. The van der Waals surface area contributed by atoms with Crippen molar-refractivity contribution in [2.75, 3.05) is 11.9 Å². The fourth-order valence-electron chi connectivity index (χ4n) is 4.95. The van der Waals surface area contributed by atoms with Gasteiger partial charge in [0.1, 0.15) is 5.82 Å². The number of allylic oxidation sites excluding steroid dienone is 1. The quantitative estimate of drug-likeness (QED) is 0.487. The molecule has 0 radical (unpaired) electrons. The molecule has 0 aromatic heterocycles. The van der Waals surface area contributed by atoms with E-state index in [1.54, 1.807) is 6.26 Å². The molecule has 1 fully saturated rings. The Morgan fingerprint density at radius 3 is 2.37 bits per heavy atom. The minimum absolute atomic E-state index is 0.282. The molecule has 0 unspecified atom stereocenters. The van der Waals surface area contributed by atoms with Crippen LogP contribution in [-0.2, 0) is 20.5 Å². The third kappa shape index (κ3) is 5.49. The molecule has 1 aliphatic carbocycles. The van der Waals surface area contributed by atoms with E-state index in [2.05, 4.69) is 5.32 Å². The number of amides is 1. The summed E-state index contributed by atoms with van der Waals surface area (Å²) in [5.41, 5.74) is 1.26. The zero-order valence-corrected chi connectivity index (χ0v) is 18.8. The summed E-state index contributed by atoms with van der Waals surface area (Å²) in [4.78, 5) is 25.2. The van der Waals surface area contributed by atoms with Gasteiger partial charge < -0.3 is 15.2 Å². The van der Waals surface area contributed by atoms with E-state index in [1.807, 2.05) is 24.3 Å². The van der Waals surface area contributed by atoms with E-state index in [-0.39, 0.29) is 6.42 Å². The first kappa shape index (κ1) is 24.8. The van der Waals surface area contributed by atoms with Gasteiger partial charge >= 0.3 is 12.1 Å². The number of carboxylic acids is 1. The smallest absolute Gasteiger partial charge is 0.416 e. The van der Waals surface area contributed by atoms with E-state index >= 15 is 0 Å². The van der Waals surface area contributed by atoms with Gasteiger partial charge in [-0.15, -0.1) is 0 Å². The number of aliphatic carboxylic acids is 1. The van der Waals surface area contributed by atoms with Crippen LogP contribution < -0.4 is 5.32 Å². The number of halogens is 4. The van der Waals surface area contributed by atoms with Crippen LogP contribution in [0.15, 0.2) is 48.7 Å². The lowest BCUT2D eigenvalue weighted by atomic mass is 9.69. The van der Waals surface area contributed by atoms with E-state index < -0.39 is 52.9 Å². The summed E-state index contributed by atoms with van der Waals surface area (Å²) in [6, 6.07) is 9.37. The molecule has 186 valence electrons. The molecule has 1 saturated carbocycles. The van der Waals surface area contributed by atoms with Crippen molar-refractivity contribution in [2.45, 2.75) is 44.2 Å². The van der Waals surface area contributed by atoms with E-state index in [0.29, 0.717) is 31.6 Å². The number of benzene rings is 2. The zero-order valence-electron chi connectivity index (χ0n) is 18.8. The SMILES string of the molecule is O=C(O)[C@@H]1[C@@H](c2ccc(C3=COCCC3)cc2)CCC[C@H]1C(=O)Nc1ccc(C(F)(F)F)cc1F. The van der Waals surface area contributed by atoms with Crippen LogP contribution in [0.1, 0.15) is 54.7 Å². The van der Waals surface area contributed by atoms with Crippen LogP contribution in [0.25, 0.3) is 5.57 Å². The Kier molecular flexibility index (Phi) is 7.14. The lowest BCUT2D eigenvalue weighted by molar-refractivity contribution is -0.148. The van der Waals surface area contributed by atoms with Gasteiger partial charge in [-0.25, -0.2) is 4.39 Å². The van der Waals surface area contributed by atoms with Gasteiger partial charge in [0, 0.05) is 0 Å². The topological polar surface area (TPSA) is 75.6 Å². The normalized spacial score (nSPS) is 22.6. The van der Waals surface area contributed by atoms with Crippen LogP contribution in [-0.4, -0.2) is 23.6 Å². The molecular weight excluding hydrogens is 466 g/mol. The molecule has 2 aromatic carbocycles. The summed E-state index contributed by atoms with van der Waals surface area (Å²) >= 11 is 0. The van der Waals surface area contributed by atoms with E-state index in [4.69, 9.17) is 4.74 Å². The van der Waals surface area contributed by atoms with Crippen molar-refractivity contribution in [1.82, 2.24) is 0 Å². The molecule has 0 bridgehead atoms. The number of hydrogen-bond donors (Lipinski definition) is 2. The molecule has 2 N–H and O–H groups in total. The van der Waals surface area contributed by atoms with Crippen LogP contribution in [0, 0.1) is 17.7 Å². The molecule has 0 saturated heterocycles. The van der Waals surface area contributed by atoms with Crippen molar-refractivity contribution in [2.24, 2.45) is 11.8 Å². The Morgan fingerprint density at radius 2 is 1.77 bits per heavy atom. The number of rotatable bonds is 5. The molecule has 3 atom stereocenters. The maximum absolute atomic E-state index is 14.3. The maximum atomic E-state index is 14.3. The van der Waals surface area contributed by atoms with Crippen LogP contribution >= 0.6 is 0 Å². The standard InChI is InChI=1S/C26H25F4NO4/c27-21-13-18(26(28,29)30)10-11-22(21)31-24(32)20-5-1-4-19(23(20)25(33)34)16-8-6-15(7-9-16)17-3-2-12-35-14-17/h6-11,13-14,19-20,23H,1-5,12H2,(H,31,32)(H,33,34)/t19-,20-,23-/m1/s1. The predicted octanol–water partition coefficient (Wildman–Crippen LogP) is 6.22. The van der Waals surface area contributed by atoms with Gasteiger partial charge in [0.25, 0.3) is 0 Å². The summed E-state index contributed by atoms with van der Waals surface area (Å²) in [6.07, 6.45) is 0.272. The largest absolute Gasteiger partial charge is 0.501 e. The van der Waals surface area contributed by atoms with E-state index in [9.17, 15) is 32.3 Å². The van der Waals surface area contributed by atoms with Crippen molar-refractivity contribution in [3.63, 3.8) is 0 Å². The molecule has 9 heteroatoms. The van der Waals surface area contributed by atoms with Gasteiger partial charge in [-0.2, -0.15) is 13.2 Å². The molecule has 1 heterocycles. The molecule has 1 aliphatic heterocycles. The predicted molar refractivity (Wildman–Crippen MR) is 121 cm³/mol. The number of carboxylic acid groups (broad SMARTS) is 1. The third-order valence-corrected chi connectivity index (χ3v) is 6.72. The highest BCUT2D eigenvalue weighted by atomic mass is 19.4. The van der Waals surface area contributed by atoms with Gasteiger partial charge in [0.2, 0.25) is 5.91 Å². The first-order valence-electron chi connectivity index (χ1n) is 11.5. The third-order valence-electron chi connectivity index (χ3n) is 6.72. The maximum Gasteiger partial charge on any atom is 0.416 e. The number of carbonyl (C=O) groups is 2. The van der Waals surface area contributed by atoms with Crippen molar-refractivity contribution in [3.8, 4) is 0 Å². The fraction of sp³-hybridized carbons (Fsp3) is 0.385. The lowest BCUT2D eigenvalue weighted by Gasteiger charge is -2.35. The second-order valence-corrected chi connectivity index (χ2v) is 8.93. The highest BCUT2D eigenvalue weighted by molar-refractivity contribution is 5.95. The average molecular weight is 491 g/mol. The number of anilines is 1. The summed E-state index contributed by atoms with van der Waals surface area (Å²) < 4.78 is 58.0. The summed E-state index contributed by atoms with van der Waals surface area (Å²) in [7, 11) is 0. The molecule has 2 aromatic rings. The van der Waals surface area contributed by atoms with Gasteiger partial charge in [-0.05, 0) is 66.5 Å². The second-order valence-electron chi connectivity index (χ2n) is 8.93. The number of ether oxygens (including phenoxy) is 1. The zero-order chi connectivity index (χ0) is 25.2. The number of carbonyl (C=O) groups excluding carboxylic acids is 1. The highest BCUT2D eigenvalue weighted by Gasteiger charge is 2.43. The highest BCUT2D eigenvalue weighted by Crippen LogP contribution is 2.43. The Morgan fingerprint density at radius 1 is 1.03 bits per heavy atom. The van der Waals surface area contributed by atoms with Crippen LogP contribution in [0.3, 0.4) is 0 Å². The Bertz CT molecular complexity index is 1130. The van der Waals surface area contributed by atoms with Crippen molar-refractivity contribution >= 4 is 23.1 Å². The molecule has 0 spiro atoms. The molecule has 1 amide bonds. The van der Waals surface area contributed by atoms with Crippen molar-refractivity contribution < 1.29 is 37.0 Å². The minimum Gasteiger partial charge on any atom is -0.501 e. The number of alkyl halides is 3. The molecule has 2 aliphatic rings. The van der Waals surface area contributed by atoms with Gasteiger partial charge in [-0.1, -0.05) is 30.7 Å². The van der Waals surface area contributed by atoms with Gasteiger partial charge in [-0.3, -0.25) is 9.59 Å². The second kappa shape index (κ2) is 10.1. The van der Waals surface area contributed by atoms with Crippen LogP contribution in [0.2, 0.25) is 0 Å². The molecule has 4 rings (SSSR count). The molecule has 35 heavy (non-hydrogen) atoms. The Hall–Kier alpha value is -3.36. The van der Waals surface area contributed by atoms with Crippen molar-refractivity contribution in [3.05, 3.63) is 71.2 Å². The molecular formula is C26H25F4NO4. The molecule has 5 nitrogen and oxygen atoms in total.